The molecule has 1 amide bonds. The number of nitrogens with zero attached hydrogens (tertiary/aromatic N) is 1. The first kappa shape index (κ1) is 19.8. The number of carbonyl (C=O) groups is 1. The molecule has 142 valence electrons. The highest BCUT2D eigenvalue weighted by Gasteiger charge is 2.26. The molecule has 0 atom stereocenters. The number of benzene rings is 2. The Morgan fingerprint density at radius 2 is 1.74 bits per heavy atom. The summed E-state index contributed by atoms with van der Waals surface area (Å²) in [5, 5.41) is 2.80. The lowest BCUT2D eigenvalue weighted by Gasteiger charge is -2.15. The molecule has 1 aliphatic heterocycles. The third-order valence-electron chi connectivity index (χ3n) is 4.41. The van der Waals surface area contributed by atoms with Crippen LogP contribution in [0, 0.1) is 0 Å². The fourth-order valence-electron chi connectivity index (χ4n) is 2.88. The zero-order valence-electron chi connectivity index (χ0n) is 14.8. The summed E-state index contributed by atoms with van der Waals surface area (Å²) < 4.78 is 27.4. The predicted molar refractivity (Wildman–Crippen MR) is 109 cm³/mol. The maximum Gasteiger partial charge on any atom is 0.244 e. The molecule has 1 N–H and O–H groups in total. The van der Waals surface area contributed by atoms with Gasteiger partial charge in [0.05, 0.1) is 4.90 Å². The smallest absolute Gasteiger partial charge is 0.244 e. The van der Waals surface area contributed by atoms with Gasteiger partial charge in [0.25, 0.3) is 0 Å². The molecular formula is C20H21BrN2O3S. The van der Waals surface area contributed by atoms with Gasteiger partial charge in [0, 0.05) is 30.2 Å². The average Bonchev–Trinajstić information content (AvgIpc) is 3.22. The van der Waals surface area contributed by atoms with E-state index in [9.17, 15) is 13.2 Å². The van der Waals surface area contributed by atoms with Crippen molar-refractivity contribution in [2.24, 2.45) is 0 Å². The molecule has 3 rings (SSSR count). The summed E-state index contributed by atoms with van der Waals surface area (Å²) in [4.78, 5) is 12.3. The van der Waals surface area contributed by atoms with Crippen LogP contribution in [0.15, 0.2) is 64.0 Å². The standard InChI is InChI=1S/C20H21BrN2O3S/c21-19-6-2-1-5-17(19)9-12-20(24)22-15-16-7-10-18(11-8-16)27(25,26)23-13-3-4-14-23/h1-2,5-12H,3-4,13-15H2,(H,22,24)/b12-9+. The van der Waals surface area contributed by atoms with Gasteiger partial charge in [-0.25, -0.2) is 8.42 Å². The summed E-state index contributed by atoms with van der Waals surface area (Å²) in [5.41, 5.74) is 1.77. The largest absolute Gasteiger partial charge is 0.348 e. The molecule has 1 fully saturated rings. The molecule has 0 aliphatic carbocycles. The van der Waals surface area contributed by atoms with E-state index in [0.717, 1.165) is 28.4 Å². The Balaban J connectivity index is 1.57. The highest BCUT2D eigenvalue weighted by molar-refractivity contribution is 9.10. The molecule has 7 heteroatoms. The third-order valence-corrected chi connectivity index (χ3v) is 7.05. The second kappa shape index (κ2) is 8.82. The van der Waals surface area contributed by atoms with Crippen molar-refractivity contribution in [3.63, 3.8) is 0 Å². The van der Waals surface area contributed by atoms with Gasteiger partial charge in [0.1, 0.15) is 0 Å². The number of hydrogen-bond acceptors (Lipinski definition) is 3. The number of rotatable bonds is 6. The lowest BCUT2D eigenvalue weighted by Crippen LogP contribution is -2.27. The van der Waals surface area contributed by atoms with Crippen molar-refractivity contribution < 1.29 is 13.2 Å². The van der Waals surface area contributed by atoms with Crippen LogP contribution in [-0.2, 0) is 21.4 Å². The Hall–Kier alpha value is -1.96. The predicted octanol–water partition coefficient (Wildman–Crippen LogP) is 3.56. The van der Waals surface area contributed by atoms with Gasteiger partial charge in [-0.05, 0) is 48.2 Å². The number of sulfonamides is 1. The van der Waals surface area contributed by atoms with Crippen LogP contribution in [0.5, 0.6) is 0 Å². The Bertz CT molecular complexity index is 934. The maximum absolute atomic E-state index is 12.5. The van der Waals surface area contributed by atoms with Crippen LogP contribution in [0.2, 0.25) is 0 Å². The first-order valence-corrected chi connectivity index (χ1v) is 11.0. The zero-order chi connectivity index (χ0) is 19.3. The van der Waals surface area contributed by atoms with E-state index in [1.54, 1.807) is 30.3 Å². The Morgan fingerprint density at radius 1 is 1.07 bits per heavy atom. The lowest BCUT2D eigenvalue weighted by atomic mass is 10.2. The average molecular weight is 449 g/mol. The van der Waals surface area contributed by atoms with Crippen LogP contribution in [0.25, 0.3) is 6.08 Å². The summed E-state index contributed by atoms with van der Waals surface area (Å²) in [6.45, 7) is 1.51. The van der Waals surface area contributed by atoms with Crippen LogP contribution in [0.4, 0.5) is 0 Å². The first-order chi connectivity index (χ1) is 13.0. The summed E-state index contributed by atoms with van der Waals surface area (Å²) in [5.74, 6) is -0.209. The quantitative estimate of drug-likeness (QED) is 0.686. The fraction of sp³-hybridized carbons (Fsp3) is 0.250. The zero-order valence-corrected chi connectivity index (χ0v) is 17.2. The van der Waals surface area contributed by atoms with E-state index in [4.69, 9.17) is 0 Å². The molecule has 0 saturated carbocycles. The summed E-state index contributed by atoms with van der Waals surface area (Å²) in [6.07, 6.45) is 5.05. The van der Waals surface area contributed by atoms with Crippen LogP contribution >= 0.6 is 15.9 Å². The molecule has 0 bridgehead atoms. The van der Waals surface area contributed by atoms with E-state index < -0.39 is 10.0 Å². The Kier molecular flexibility index (Phi) is 6.46. The van der Waals surface area contributed by atoms with Gasteiger partial charge in [-0.2, -0.15) is 4.31 Å². The molecule has 2 aromatic rings. The molecule has 1 heterocycles. The second-order valence-electron chi connectivity index (χ2n) is 6.33. The number of carbonyl (C=O) groups excluding carboxylic acids is 1. The molecule has 2 aromatic carbocycles. The number of amides is 1. The van der Waals surface area contributed by atoms with Gasteiger partial charge in [-0.1, -0.05) is 46.3 Å². The van der Waals surface area contributed by atoms with E-state index >= 15 is 0 Å². The molecule has 27 heavy (non-hydrogen) atoms. The molecule has 0 aromatic heterocycles. The fourth-order valence-corrected chi connectivity index (χ4v) is 4.81. The van der Waals surface area contributed by atoms with Crippen LogP contribution in [0.1, 0.15) is 24.0 Å². The Morgan fingerprint density at radius 3 is 2.41 bits per heavy atom. The summed E-state index contributed by atoms with van der Waals surface area (Å²) in [7, 11) is -3.40. The van der Waals surface area contributed by atoms with Gasteiger partial charge >= 0.3 is 0 Å². The molecule has 0 unspecified atom stereocenters. The maximum atomic E-state index is 12.5. The molecule has 5 nitrogen and oxygen atoms in total. The van der Waals surface area contributed by atoms with Crippen LogP contribution < -0.4 is 5.32 Å². The lowest BCUT2D eigenvalue weighted by molar-refractivity contribution is -0.116. The third kappa shape index (κ3) is 5.06. The van der Waals surface area contributed by atoms with Gasteiger partial charge in [-0.15, -0.1) is 0 Å². The van der Waals surface area contributed by atoms with E-state index in [2.05, 4.69) is 21.2 Å². The van der Waals surface area contributed by atoms with E-state index in [0.29, 0.717) is 24.5 Å². The minimum atomic E-state index is -3.40. The van der Waals surface area contributed by atoms with Crippen molar-refractivity contribution in [1.29, 1.82) is 0 Å². The number of hydrogen-bond donors (Lipinski definition) is 1. The highest BCUT2D eigenvalue weighted by Crippen LogP contribution is 2.21. The molecule has 0 spiro atoms. The van der Waals surface area contributed by atoms with E-state index in [-0.39, 0.29) is 5.91 Å². The summed E-state index contributed by atoms with van der Waals surface area (Å²) >= 11 is 3.43. The number of nitrogens with one attached hydrogen (secondary N) is 1. The van der Waals surface area contributed by atoms with E-state index in [1.807, 2.05) is 24.3 Å². The minimum absolute atomic E-state index is 0.209. The molecule has 1 saturated heterocycles. The van der Waals surface area contributed by atoms with Gasteiger partial charge in [0.15, 0.2) is 0 Å². The van der Waals surface area contributed by atoms with E-state index in [1.165, 1.54) is 10.4 Å². The number of halogens is 1. The first-order valence-electron chi connectivity index (χ1n) is 8.76. The van der Waals surface area contributed by atoms with Crippen molar-refractivity contribution in [3.8, 4) is 0 Å². The van der Waals surface area contributed by atoms with Crippen LogP contribution in [0.3, 0.4) is 0 Å². The van der Waals surface area contributed by atoms with Crippen molar-refractivity contribution in [3.05, 3.63) is 70.2 Å². The normalized spacial score (nSPS) is 15.3. The summed E-state index contributed by atoms with van der Waals surface area (Å²) in [6, 6.07) is 14.3. The topological polar surface area (TPSA) is 66.5 Å². The Labute approximate surface area is 168 Å². The minimum Gasteiger partial charge on any atom is -0.348 e. The molecule has 1 aliphatic rings. The van der Waals surface area contributed by atoms with Gasteiger partial charge in [0.2, 0.25) is 15.9 Å². The molecular weight excluding hydrogens is 428 g/mol. The SMILES string of the molecule is O=C(/C=C/c1ccccc1Br)NCc1ccc(S(=O)(=O)N2CCCC2)cc1. The van der Waals surface area contributed by atoms with Crippen molar-refractivity contribution in [2.75, 3.05) is 13.1 Å². The van der Waals surface area contributed by atoms with Crippen molar-refractivity contribution in [2.45, 2.75) is 24.3 Å². The monoisotopic (exact) mass is 448 g/mol. The van der Waals surface area contributed by atoms with Gasteiger partial charge in [-0.3, -0.25) is 4.79 Å². The second-order valence-corrected chi connectivity index (χ2v) is 9.12. The van der Waals surface area contributed by atoms with Gasteiger partial charge < -0.3 is 5.32 Å². The van der Waals surface area contributed by atoms with Crippen molar-refractivity contribution >= 4 is 37.9 Å². The van der Waals surface area contributed by atoms with Crippen molar-refractivity contribution in [1.82, 2.24) is 9.62 Å². The highest BCUT2D eigenvalue weighted by atomic mass is 79.9. The molecule has 0 radical (unpaired) electrons. The van der Waals surface area contributed by atoms with Crippen LogP contribution in [-0.4, -0.2) is 31.7 Å².